The molecule has 3 nitrogen and oxygen atoms in total. The van der Waals surface area contributed by atoms with E-state index < -0.39 is 0 Å². The van der Waals surface area contributed by atoms with Gasteiger partial charge in [0.2, 0.25) is 0 Å². The highest BCUT2D eigenvalue weighted by Gasteiger charge is 2.35. The largest absolute Gasteiger partial charge is 0.496 e. The molecule has 0 bridgehead atoms. The molecular formula is C17H26O3. The second-order valence-corrected chi connectivity index (χ2v) is 6.08. The van der Waals surface area contributed by atoms with Crippen LogP contribution in [0.15, 0.2) is 23.0 Å². The van der Waals surface area contributed by atoms with Gasteiger partial charge in [0.25, 0.3) is 0 Å². The average Bonchev–Trinajstić information content (AvgIpc) is 2.57. The summed E-state index contributed by atoms with van der Waals surface area (Å²) in [5.74, 6) is 1.95. The standard InChI is InChI=1S/C17H26O3/c1-12(2)16-11-14(20-9-8-19-3)10-13-6-4-5-7-15(13)17(16)18/h11,13,15H,4-10H2,1-3H3/t13-,15-/m0/s1. The van der Waals surface area contributed by atoms with Crippen molar-refractivity contribution in [3.05, 3.63) is 23.0 Å². The van der Waals surface area contributed by atoms with E-state index in [1.54, 1.807) is 7.11 Å². The molecule has 0 amide bonds. The highest BCUT2D eigenvalue weighted by atomic mass is 16.5. The number of methoxy groups -OCH3 is 1. The number of ether oxygens (including phenoxy) is 2. The third-order valence-corrected chi connectivity index (χ3v) is 4.39. The summed E-state index contributed by atoms with van der Waals surface area (Å²) in [6, 6.07) is 0. The lowest BCUT2D eigenvalue weighted by molar-refractivity contribution is -0.121. The lowest BCUT2D eigenvalue weighted by atomic mass is 9.75. The van der Waals surface area contributed by atoms with Gasteiger partial charge in [-0.2, -0.15) is 0 Å². The number of rotatable bonds is 4. The third kappa shape index (κ3) is 3.51. The molecular weight excluding hydrogens is 252 g/mol. The number of hydrogen-bond acceptors (Lipinski definition) is 3. The summed E-state index contributed by atoms with van der Waals surface area (Å²) >= 11 is 0. The summed E-state index contributed by atoms with van der Waals surface area (Å²) in [6.45, 7) is 5.17. The van der Waals surface area contributed by atoms with Crippen molar-refractivity contribution in [3.63, 3.8) is 0 Å². The van der Waals surface area contributed by atoms with Crippen molar-refractivity contribution >= 4 is 5.78 Å². The maximum Gasteiger partial charge on any atom is 0.166 e. The molecule has 0 aromatic rings. The Hall–Kier alpha value is -1.09. The Morgan fingerprint density at radius 1 is 1.25 bits per heavy atom. The van der Waals surface area contributed by atoms with Gasteiger partial charge in [0, 0.05) is 25.0 Å². The molecule has 20 heavy (non-hydrogen) atoms. The van der Waals surface area contributed by atoms with Crippen LogP contribution in [0.25, 0.3) is 0 Å². The molecule has 0 aromatic heterocycles. The monoisotopic (exact) mass is 278 g/mol. The molecule has 0 spiro atoms. The number of hydrogen-bond donors (Lipinski definition) is 0. The zero-order valence-electron chi connectivity index (χ0n) is 12.9. The van der Waals surface area contributed by atoms with Crippen LogP contribution in [-0.2, 0) is 14.3 Å². The van der Waals surface area contributed by atoms with E-state index >= 15 is 0 Å². The molecule has 2 aliphatic carbocycles. The van der Waals surface area contributed by atoms with Gasteiger partial charge >= 0.3 is 0 Å². The van der Waals surface area contributed by atoms with E-state index in [1.807, 2.05) is 19.9 Å². The first-order valence-electron chi connectivity index (χ1n) is 7.67. The van der Waals surface area contributed by atoms with Crippen molar-refractivity contribution in [2.75, 3.05) is 20.3 Å². The second kappa shape index (κ2) is 7.07. The molecule has 2 atom stereocenters. The molecule has 0 unspecified atom stereocenters. The summed E-state index contributed by atoms with van der Waals surface area (Å²) in [4.78, 5) is 12.7. The van der Waals surface area contributed by atoms with E-state index in [0.717, 1.165) is 36.2 Å². The maximum atomic E-state index is 12.7. The molecule has 0 aromatic carbocycles. The van der Waals surface area contributed by atoms with Crippen molar-refractivity contribution in [2.24, 2.45) is 11.8 Å². The van der Waals surface area contributed by atoms with Crippen molar-refractivity contribution in [2.45, 2.75) is 46.0 Å². The lowest BCUT2D eigenvalue weighted by Crippen LogP contribution is -2.27. The van der Waals surface area contributed by atoms with Gasteiger partial charge in [-0.05, 0) is 38.7 Å². The minimum Gasteiger partial charge on any atom is -0.496 e. The summed E-state index contributed by atoms with van der Waals surface area (Å²) in [5.41, 5.74) is 1.96. The van der Waals surface area contributed by atoms with Crippen LogP contribution in [0.1, 0.15) is 46.0 Å². The van der Waals surface area contributed by atoms with E-state index in [2.05, 4.69) is 0 Å². The van der Waals surface area contributed by atoms with Crippen LogP contribution in [0.5, 0.6) is 0 Å². The molecule has 2 rings (SSSR count). The molecule has 0 aliphatic heterocycles. The highest BCUT2D eigenvalue weighted by molar-refractivity contribution is 6.01. The molecule has 2 aliphatic rings. The number of fused-ring (bicyclic) bond motifs is 1. The number of ketones is 1. The molecule has 1 saturated carbocycles. The van der Waals surface area contributed by atoms with E-state index in [9.17, 15) is 4.79 Å². The number of carbonyl (C=O) groups excluding carboxylic acids is 1. The molecule has 0 heterocycles. The van der Waals surface area contributed by atoms with E-state index in [4.69, 9.17) is 9.47 Å². The van der Waals surface area contributed by atoms with E-state index in [-0.39, 0.29) is 5.92 Å². The van der Waals surface area contributed by atoms with Gasteiger partial charge in [0.05, 0.1) is 12.4 Å². The Labute approximate surface area is 122 Å². The van der Waals surface area contributed by atoms with Gasteiger partial charge in [0.15, 0.2) is 5.78 Å². The molecule has 3 heteroatoms. The first-order valence-corrected chi connectivity index (χ1v) is 7.67. The van der Waals surface area contributed by atoms with E-state index in [1.165, 1.54) is 12.8 Å². The summed E-state index contributed by atoms with van der Waals surface area (Å²) in [5, 5.41) is 0. The normalized spacial score (nSPS) is 26.6. The Morgan fingerprint density at radius 3 is 2.70 bits per heavy atom. The van der Waals surface area contributed by atoms with Gasteiger partial charge in [-0.3, -0.25) is 4.79 Å². The Morgan fingerprint density at radius 2 is 2.00 bits per heavy atom. The van der Waals surface area contributed by atoms with Crippen molar-refractivity contribution < 1.29 is 14.3 Å². The predicted molar refractivity (Wildman–Crippen MR) is 79.4 cm³/mol. The molecule has 0 N–H and O–H groups in total. The highest BCUT2D eigenvalue weighted by Crippen LogP contribution is 2.39. The number of allylic oxidation sites excluding steroid dienone is 4. The maximum absolute atomic E-state index is 12.7. The van der Waals surface area contributed by atoms with Gasteiger partial charge in [-0.1, -0.05) is 18.4 Å². The van der Waals surface area contributed by atoms with Crippen LogP contribution in [0.4, 0.5) is 0 Å². The molecule has 0 radical (unpaired) electrons. The number of Topliss-reactive ketones (excluding diaryl/α,β-unsaturated/α-hetero) is 1. The van der Waals surface area contributed by atoms with Gasteiger partial charge in [-0.25, -0.2) is 0 Å². The fraction of sp³-hybridized carbons (Fsp3) is 0.706. The van der Waals surface area contributed by atoms with Gasteiger partial charge < -0.3 is 9.47 Å². The van der Waals surface area contributed by atoms with Crippen LogP contribution in [0.3, 0.4) is 0 Å². The first kappa shape index (κ1) is 15.3. The minimum absolute atomic E-state index is 0.202. The fourth-order valence-electron chi connectivity index (χ4n) is 3.29. The minimum atomic E-state index is 0.202. The molecule has 0 saturated heterocycles. The fourth-order valence-corrected chi connectivity index (χ4v) is 3.29. The smallest absolute Gasteiger partial charge is 0.166 e. The topological polar surface area (TPSA) is 35.5 Å². The molecule has 112 valence electrons. The Bertz CT molecular complexity index is 416. The van der Waals surface area contributed by atoms with Gasteiger partial charge in [-0.15, -0.1) is 0 Å². The zero-order chi connectivity index (χ0) is 14.5. The van der Waals surface area contributed by atoms with Crippen LogP contribution >= 0.6 is 0 Å². The van der Waals surface area contributed by atoms with Crippen LogP contribution < -0.4 is 0 Å². The second-order valence-electron chi connectivity index (χ2n) is 6.08. The van der Waals surface area contributed by atoms with E-state index in [0.29, 0.717) is 24.9 Å². The summed E-state index contributed by atoms with van der Waals surface area (Å²) in [6.07, 6.45) is 7.49. The van der Waals surface area contributed by atoms with Crippen LogP contribution in [0, 0.1) is 11.8 Å². The molecule has 1 fully saturated rings. The van der Waals surface area contributed by atoms with Crippen molar-refractivity contribution in [1.82, 2.24) is 0 Å². The van der Waals surface area contributed by atoms with Crippen molar-refractivity contribution in [3.8, 4) is 0 Å². The average molecular weight is 278 g/mol. The van der Waals surface area contributed by atoms with Gasteiger partial charge in [0.1, 0.15) is 6.61 Å². The Balaban J connectivity index is 2.21. The SMILES string of the molecule is COCCOC1=CC(=C(C)C)C(=O)[C@H]2CCCC[C@H]2C1. The van der Waals surface area contributed by atoms with Crippen LogP contribution in [0.2, 0.25) is 0 Å². The summed E-state index contributed by atoms with van der Waals surface area (Å²) < 4.78 is 10.9. The number of carbonyl (C=O) groups is 1. The lowest BCUT2D eigenvalue weighted by Gasteiger charge is -2.29. The van der Waals surface area contributed by atoms with Crippen LogP contribution in [-0.4, -0.2) is 26.1 Å². The zero-order valence-corrected chi connectivity index (χ0v) is 12.9. The Kier molecular flexibility index (Phi) is 5.41. The predicted octanol–water partition coefficient (Wildman–Crippen LogP) is 3.65. The first-order chi connectivity index (χ1) is 9.63. The summed E-state index contributed by atoms with van der Waals surface area (Å²) in [7, 11) is 1.67. The van der Waals surface area contributed by atoms with Crippen molar-refractivity contribution in [1.29, 1.82) is 0 Å². The third-order valence-electron chi connectivity index (χ3n) is 4.39. The quantitative estimate of drug-likeness (QED) is 0.581.